The van der Waals surface area contributed by atoms with Crippen molar-refractivity contribution in [2.75, 3.05) is 19.7 Å². The van der Waals surface area contributed by atoms with Gasteiger partial charge >= 0.3 is 0 Å². The topological polar surface area (TPSA) is 71.8 Å². The van der Waals surface area contributed by atoms with Gasteiger partial charge in [-0.25, -0.2) is 8.42 Å². The third-order valence-corrected chi connectivity index (χ3v) is 9.52. The van der Waals surface area contributed by atoms with E-state index in [2.05, 4.69) is 48.6 Å². The number of aryl methyl sites for hydroxylation is 1. The zero-order valence-corrected chi connectivity index (χ0v) is 23.9. The zero-order chi connectivity index (χ0) is 25.4. The summed E-state index contributed by atoms with van der Waals surface area (Å²) in [5, 5.41) is 13.4. The molecule has 0 bridgehead atoms. The minimum atomic E-state index is -3.80. The summed E-state index contributed by atoms with van der Waals surface area (Å²) in [6, 6.07) is 19.0. The number of hydrogen-bond acceptors (Lipinski definition) is 4. The first-order valence-electron chi connectivity index (χ1n) is 12.0. The Bertz CT molecular complexity index is 1440. The fourth-order valence-electron chi connectivity index (χ4n) is 4.89. The molecule has 2 heterocycles. The largest absolute Gasteiger partial charge is 0.390 e. The highest BCUT2D eigenvalue weighted by Crippen LogP contribution is 2.33. The molecule has 3 aromatic carbocycles. The van der Waals surface area contributed by atoms with Crippen LogP contribution >= 0.6 is 31.9 Å². The lowest BCUT2D eigenvalue weighted by Gasteiger charge is -2.27. The van der Waals surface area contributed by atoms with E-state index in [0.717, 1.165) is 49.2 Å². The number of rotatable bonds is 8. The molecule has 4 aromatic rings. The normalized spacial score (nSPS) is 17.4. The maximum atomic E-state index is 13.6. The zero-order valence-electron chi connectivity index (χ0n) is 19.9. The van der Waals surface area contributed by atoms with E-state index in [1.165, 1.54) is 4.31 Å². The van der Waals surface area contributed by atoms with Crippen LogP contribution in [0.5, 0.6) is 0 Å². The van der Waals surface area contributed by atoms with Crippen molar-refractivity contribution in [1.29, 1.82) is 0 Å². The van der Waals surface area contributed by atoms with E-state index in [1.807, 2.05) is 31.2 Å². The fourth-order valence-corrected chi connectivity index (χ4v) is 7.13. The van der Waals surface area contributed by atoms with E-state index < -0.39 is 16.1 Å². The highest BCUT2D eigenvalue weighted by molar-refractivity contribution is 9.10. The van der Waals surface area contributed by atoms with Crippen molar-refractivity contribution in [2.24, 2.45) is 0 Å². The highest BCUT2D eigenvalue weighted by Gasteiger charge is 2.31. The Balaban J connectivity index is 1.47. The Kier molecular flexibility index (Phi) is 7.59. The first-order chi connectivity index (χ1) is 17.2. The van der Waals surface area contributed by atoms with Gasteiger partial charge in [-0.3, -0.25) is 0 Å². The van der Waals surface area contributed by atoms with Crippen molar-refractivity contribution in [3.63, 3.8) is 0 Å². The van der Waals surface area contributed by atoms with Gasteiger partial charge in [0, 0.05) is 50.4 Å². The number of aliphatic hydroxyl groups excluding tert-OH is 1. The summed E-state index contributed by atoms with van der Waals surface area (Å²) < 4.78 is 38.4. The highest BCUT2D eigenvalue weighted by atomic mass is 79.9. The van der Waals surface area contributed by atoms with Crippen LogP contribution in [0.3, 0.4) is 0 Å². The Hall–Kier alpha value is -1.75. The molecule has 0 spiro atoms. The van der Waals surface area contributed by atoms with Crippen molar-refractivity contribution in [3.8, 4) is 0 Å². The molecule has 0 aliphatic carbocycles. The summed E-state index contributed by atoms with van der Waals surface area (Å²) in [7, 11) is -3.80. The fraction of sp³-hybridized carbons (Fsp3) is 0.333. The van der Waals surface area contributed by atoms with Gasteiger partial charge < -0.3 is 14.4 Å². The molecule has 1 aromatic heterocycles. The van der Waals surface area contributed by atoms with E-state index >= 15 is 0 Å². The van der Waals surface area contributed by atoms with Crippen molar-refractivity contribution < 1.29 is 18.3 Å². The first kappa shape index (κ1) is 25.9. The van der Waals surface area contributed by atoms with Crippen molar-refractivity contribution in [1.82, 2.24) is 8.87 Å². The molecule has 0 radical (unpaired) electrons. The van der Waals surface area contributed by atoms with Gasteiger partial charge in [-0.05, 0) is 68.3 Å². The number of fused-ring (bicyclic) bond motifs is 3. The maximum absolute atomic E-state index is 13.6. The maximum Gasteiger partial charge on any atom is 0.243 e. The third kappa shape index (κ3) is 5.28. The molecule has 5 rings (SSSR count). The van der Waals surface area contributed by atoms with Crippen LogP contribution in [0.25, 0.3) is 21.8 Å². The summed E-state index contributed by atoms with van der Waals surface area (Å²) in [5.74, 6) is 0. The molecular weight excluding hydrogens is 608 g/mol. The predicted molar refractivity (Wildman–Crippen MR) is 150 cm³/mol. The summed E-state index contributed by atoms with van der Waals surface area (Å²) in [6.07, 6.45) is 0.642. The van der Waals surface area contributed by atoms with Crippen molar-refractivity contribution >= 4 is 63.7 Å². The van der Waals surface area contributed by atoms with Gasteiger partial charge in [0.25, 0.3) is 0 Å². The van der Waals surface area contributed by atoms with Gasteiger partial charge in [0.2, 0.25) is 10.0 Å². The standard InChI is InChI=1S/C27H28Br2N2O4S/c1-18-4-8-23(9-5-18)36(33,34)30(17-22-3-2-12-35-22)15-21(32)16-31-26-10-6-19(28)13-24(26)25-14-20(29)7-11-27(25)31/h4-11,13-14,21-22,32H,2-3,12,15-17H2,1H3/t21-,22-/m0/s1. The van der Waals surface area contributed by atoms with Crippen LogP contribution in [0.4, 0.5) is 0 Å². The third-order valence-electron chi connectivity index (χ3n) is 6.69. The molecule has 1 N–H and O–H groups in total. The molecule has 0 unspecified atom stereocenters. The Labute approximate surface area is 228 Å². The monoisotopic (exact) mass is 634 g/mol. The SMILES string of the molecule is Cc1ccc(S(=O)(=O)N(C[C@H](O)Cn2c3ccc(Br)cc3c3cc(Br)ccc32)C[C@@H]2CCCO2)cc1. The lowest BCUT2D eigenvalue weighted by atomic mass is 10.2. The molecule has 36 heavy (non-hydrogen) atoms. The molecule has 0 amide bonds. The molecular formula is C27H28Br2N2O4S. The summed E-state index contributed by atoms with van der Waals surface area (Å²) in [5.41, 5.74) is 2.96. The van der Waals surface area contributed by atoms with Gasteiger partial charge in [0.15, 0.2) is 0 Å². The van der Waals surface area contributed by atoms with Gasteiger partial charge in [-0.2, -0.15) is 4.31 Å². The summed E-state index contributed by atoms with van der Waals surface area (Å²) in [6.45, 7) is 3.02. The number of aromatic nitrogens is 1. The van der Waals surface area contributed by atoms with Crippen LogP contribution < -0.4 is 0 Å². The second-order valence-electron chi connectivity index (χ2n) is 9.36. The van der Waals surface area contributed by atoms with Crippen LogP contribution in [0.15, 0.2) is 74.5 Å². The van der Waals surface area contributed by atoms with Crippen LogP contribution in [-0.2, 0) is 21.3 Å². The van der Waals surface area contributed by atoms with Crippen molar-refractivity contribution in [2.45, 2.75) is 43.4 Å². The average Bonchev–Trinajstić information content (AvgIpc) is 3.45. The smallest absolute Gasteiger partial charge is 0.243 e. The first-order valence-corrected chi connectivity index (χ1v) is 15.0. The van der Waals surface area contributed by atoms with Gasteiger partial charge in [-0.1, -0.05) is 49.6 Å². The number of halogens is 2. The van der Waals surface area contributed by atoms with Crippen LogP contribution in [0.1, 0.15) is 18.4 Å². The number of benzene rings is 3. The van der Waals surface area contributed by atoms with E-state index in [-0.39, 0.29) is 30.6 Å². The molecule has 1 aliphatic rings. The van der Waals surface area contributed by atoms with E-state index in [9.17, 15) is 13.5 Å². The molecule has 190 valence electrons. The van der Waals surface area contributed by atoms with Gasteiger partial charge in [-0.15, -0.1) is 0 Å². The molecule has 2 atom stereocenters. The van der Waals surface area contributed by atoms with Gasteiger partial charge in [0.05, 0.1) is 23.6 Å². The van der Waals surface area contributed by atoms with Gasteiger partial charge in [0.1, 0.15) is 0 Å². The average molecular weight is 636 g/mol. The quantitative estimate of drug-likeness (QED) is 0.263. The second kappa shape index (κ2) is 10.6. The van der Waals surface area contributed by atoms with Crippen LogP contribution in [0.2, 0.25) is 0 Å². The number of ether oxygens (including phenoxy) is 1. The molecule has 1 fully saturated rings. The molecule has 1 aliphatic heterocycles. The van der Waals surface area contributed by atoms with E-state index in [1.54, 1.807) is 24.3 Å². The Morgan fingerprint density at radius 3 is 2.19 bits per heavy atom. The number of sulfonamides is 1. The lowest BCUT2D eigenvalue weighted by molar-refractivity contribution is 0.0751. The van der Waals surface area contributed by atoms with E-state index in [4.69, 9.17) is 4.74 Å². The second-order valence-corrected chi connectivity index (χ2v) is 13.1. The number of nitrogens with zero attached hydrogens (tertiary/aromatic N) is 2. The minimum Gasteiger partial charge on any atom is -0.390 e. The Morgan fingerprint density at radius 2 is 1.64 bits per heavy atom. The van der Waals surface area contributed by atoms with Crippen LogP contribution in [0, 0.1) is 6.92 Å². The summed E-state index contributed by atoms with van der Waals surface area (Å²) in [4.78, 5) is 0.227. The van der Waals surface area contributed by atoms with Crippen LogP contribution in [-0.4, -0.2) is 54.3 Å². The van der Waals surface area contributed by atoms with E-state index in [0.29, 0.717) is 6.61 Å². The minimum absolute atomic E-state index is 0.0235. The van der Waals surface area contributed by atoms with Crippen molar-refractivity contribution in [3.05, 3.63) is 75.2 Å². The molecule has 9 heteroatoms. The predicted octanol–water partition coefficient (Wildman–Crippen LogP) is 5.86. The summed E-state index contributed by atoms with van der Waals surface area (Å²) >= 11 is 7.13. The lowest BCUT2D eigenvalue weighted by Crippen LogP contribution is -2.43. The molecule has 6 nitrogen and oxygen atoms in total. The number of aliphatic hydroxyl groups is 1. The molecule has 1 saturated heterocycles. The number of hydrogen-bond donors (Lipinski definition) is 1. The molecule has 0 saturated carbocycles. The Morgan fingerprint density at radius 1 is 1.03 bits per heavy atom.